The molecule has 2 heteroatoms. The molecule has 56 valence electrons. The predicted molar refractivity (Wildman–Crippen MR) is 39.7 cm³/mol. The first kappa shape index (κ1) is 11.6. The van der Waals surface area contributed by atoms with E-state index in [1.165, 1.54) is 40.9 Å². The van der Waals surface area contributed by atoms with Crippen LogP contribution < -0.4 is 24.0 Å². The summed E-state index contributed by atoms with van der Waals surface area (Å²) in [6.45, 7) is 2.15. The predicted octanol–water partition coefficient (Wildman–Crippen LogP) is -0.493. The monoisotopic (exact) mass is 310 g/mol. The first-order valence-corrected chi connectivity index (χ1v) is 5.77. The molecule has 0 unspecified atom stereocenters. The van der Waals surface area contributed by atoms with Crippen molar-refractivity contribution in [3.05, 3.63) is 35.4 Å². The summed E-state index contributed by atoms with van der Waals surface area (Å²) in [5.41, 5.74) is 2.87. The fourth-order valence-corrected chi connectivity index (χ4v) is 1.93. The van der Waals surface area contributed by atoms with Crippen LogP contribution in [0.1, 0.15) is 11.1 Å². The fraction of sp³-hybridized carbons (Fsp3) is 0.333. The van der Waals surface area contributed by atoms with Gasteiger partial charge in [0.05, 0.1) is 0 Å². The second-order valence-corrected chi connectivity index (χ2v) is 4.08. The third kappa shape index (κ3) is 4.22. The molecule has 0 saturated carbocycles. The molecule has 0 aliphatic carbocycles. The topological polar surface area (TPSA) is 0 Å². The molecule has 11 heavy (non-hydrogen) atoms. The van der Waals surface area contributed by atoms with E-state index in [-0.39, 0.29) is 24.0 Å². The van der Waals surface area contributed by atoms with Crippen LogP contribution in [-0.4, -0.2) is 0 Å². The van der Waals surface area contributed by atoms with Crippen molar-refractivity contribution in [3.8, 4) is 0 Å². The minimum atomic E-state index is 0. The van der Waals surface area contributed by atoms with Gasteiger partial charge in [0.1, 0.15) is 0 Å². The molecule has 0 fully saturated rings. The Bertz CT molecular complexity index is 210. The van der Waals surface area contributed by atoms with Gasteiger partial charge in [-0.05, 0) is 0 Å². The molecule has 0 radical (unpaired) electrons. The Hall–Kier alpha value is 0.573. The number of benzene rings is 1. The molecule has 0 amide bonds. The van der Waals surface area contributed by atoms with Crippen molar-refractivity contribution in [2.75, 3.05) is 0 Å². The van der Waals surface area contributed by atoms with Crippen LogP contribution in [0.25, 0.3) is 0 Å². The van der Waals surface area contributed by atoms with Gasteiger partial charge in [0.25, 0.3) is 0 Å². The van der Waals surface area contributed by atoms with Crippen LogP contribution in [0.2, 0.25) is 5.02 Å². The average molecular weight is 311 g/mol. The quantitative estimate of drug-likeness (QED) is 0.511. The molecule has 0 aliphatic rings. The number of aryl methyl sites for hydroxylation is 2. The fourth-order valence-electron chi connectivity index (χ4n) is 1.07. The van der Waals surface area contributed by atoms with Crippen LogP contribution in [-0.2, 0) is 24.7 Å². The van der Waals surface area contributed by atoms with E-state index in [1.54, 1.807) is 0 Å². The Morgan fingerprint density at radius 3 is 2.64 bits per heavy atom. The number of hydrogen-bond acceptors (Lipinski definition) is 0. The Kier molecular flexibility index (Phi) is 6.45. The van der Waals surface area contributed by atoms with E-state index in [1.807, 2.05) is 0 Å². The normalized spacial score (nSPS) is 9.00. The van der Waals surface area contributed by atoms with Crippen LogP contribution in [0, 0.1) is 6.92 Å². The van der Waals surface area contributed by atoms with Crippen molar-refractivity contribution >= 4 is 0 Å². The number of halogens is 1. The Morgan fingerprint density at radius 1 is 1.36 bits per heavy atom. The van der Waals surface area contributed by atoms with Crippen molar-refractivity contribution in [1.82, 2.24) is 0 Å². The van der Waals surface area contributed by atoms with Crippen molar-refractivity contribution in [1.29, 1.82) is 0 Å². The van der Waals surface area contributed by atoms with Gasteiger partial charge in [0.15, 0.2) is 0 Å². The number of hydrogen-bond donors (Lipinski definition) is 0. The third-order valence-corrected chi connectivity index (χ3v) is 2.29. The van der Waals surface area contributed by atoms with Gasteiger partial charge in [-0.1, -0.05) is 0 Å². The van der Waals surface area contributed by atoms with Crippen molar-refractivity contribution < 1.29 is 42.3 Å². The molecule has 0 saturated heterocycles. The van der Waals surface area contributed by atoms with Gasteiger partial charge in [-0.3, -0.25) is 0 Å². The molecule has 0 bridgehead atoms. The Labute approximate surface area is 95.5 Å². The smallest absolute Gasteiger partial charge is 1.00 e. The van der Waals surface area contributed by atoms with E-state index in [0.29, 0.717) is 0 Å². The number of rotatable bonds is 2. The van der Waals surface area contributed by atoms with E-state index in [0.717, 1.165) is 0 Å². The largest absolute Gasteiger partial charge is 1.00 e. The second kappa shape index (κ2) is 6.13. The first-order valence-electron chi connectivity index (χ1n) is 3.67. The van der Waals surface area contributed by atoms with Gasteiger partial charge in [-0.15, -0.1) is 0 Å². The summed E-state index contributed by atoms with van der Waals surface area (Å²) in [7, 11) is 0. The molecule has 0 atom stereocenters. The maximum absolute atomic E-state index is 2.27. The maximum Gasteiger partial charge on any atom is -1.00 e. The zero-order chi connectivity index (χ0) is 7.40. The standard InChI is InChI=1S/C9H11.HI.Zn/c1-3-9-6-4-5-8(2)7-9;;/h4-7H,1,3H2,2H3;1H;/q;;+1/p-1. The van der Waals surface area contributed by atoms with E-state index in [9.17, 15) is 0 Å². The van der Waals surface area contributed by atoms with Gasteiger partial charge in [0, 0.05) is 0 Å². The molecular weight excluding hydrogens is 300 g/mol. The zero-order valence-electron chi connectivity index (χ0n) is 6.81. The van der Waals surface area contributed by atoms with Gasteiger partial charge in [-0.2, -0.15) is 0 Å². The SMILES string of the molecule is Cc1cccc(C[CH2][Zn+])c1.[I-]. The van der Waals surface area contributed by atoms with Crippen LogP contribution >= 0.6 is 0 Å². The summed E-state index contributed by atoms with van der Waals surface area (Å²) in [5.74, 6) is 0. The average Bonchev–Trinajstić information content (AvgIpc) is 1.88. The minimum Gasteiger partial charge on any atom is -1.00 e. The minimum absolute atomic E-state index is 0. The molecule has 0 aliphatic heterocycles. The first-order chi connectivity index (χ1) is 4.83. The summed E-state index contributed by atoms with van der Waals surface area (Å²) in [5, 5.41) is 1.36. The van der Waals surface area contributed by atoms with Crippen LogP contribution in [0.5, 0.6) is 0 Å². The molecule has 1 aromatic rings. The van der Waals surface area contributed by atoms with Crippen LogP contribution in [0.3, 0.4) is 0 Å². The summed E-state index contributed by atoms with van der Waals surface area (Å²) >= 11 is 1.41. The van der Waals surface area contributed by atoms with Gasteiger partial charge in [0.2, 0.25) is 0 Å². The summed E-state index contributed by atoms with van der Waals surface area (Å²) in [4.78, 5) is 0. The van der Waals surface area contributed by atoms with Crippen molar-refractivity contribution in [3.63, 3.8) is 0 Å². The molecule has 0 aromatic heterocycles. The van der Waals surface area contributed by atoms with Crippen LogP contribution in [0.4, 0.5) is 0 Å². The summed E-state index contributed by atoms with van der Waals surface area (Å²) < 4.78 is 0. The van der Waals surface area contributed by atoms with E-state index < -0.39 is 0 Å². The zero-order valence-corrected chi connectivity index (χ0v) is 11.9. The van der Waals surface area contributed by atoms with E-state index >= 15 is 0 Å². The van der Waals surface area contributed by atoms with Crippen molar-refractivity contribution in [2.45, 2.75) is 18.4 Å². The van der Waals surface area contributed by atoms with Crippen molar-refractivity contribution in [2.24, 2.45) is 0 Å². The summed E-state index contributed by atoms with van der Waals surface area (Å²) in [6.07, 6.45) is 1.27. The molecule has 0 heterocycles. The third-order valence-electron chi connectivity index (χ3n) is 1.55. The van der Waals surface area contributed by atoms with Crippen LogP contribution in [0.15, 0.2) is 24.3 Å². The van der Waals surface area contributed by atoms with Gasteiger partial charge >= 0.3 is 72.1 Å². The Morgan fingerprint density at radius 2 is 2.09 bits per heavy atom. The molecule has 1 rings (SSSR count). The second-order valence-electron chi connectivity index (χ2n) is 2.59. The van der Waals surface area contributed by atoms with Gasteiger partial charge < -0.3 is 24.0 Å². The van der Waals surface area contributed by atoms with E-state index in [2.05, 4.69) is 31.2 Å². The van der Waals surface area contributed by atoms with Gasteiger partial charge in [-0.25, -0.2) is 0 Å². The van der Waals surface area contributed by atoms with E-state index in [4.69, 9.17) is 0 Å². The molecule has 1 aromatic carbocycles. The molecule has 0 nitrogen and oxygen atoms in total. The molecule has 0 N–H and O–H groups in total. The molecule has 0 spiro atoms. The Balaban J connectivity index is 0.000001000. The molecular formula is C9H11IZn. The maximum atomic E-state index is 2.27. The summed E-state index contributed by atoms with van der Waals surface area (Å²) in [6, 6.07) is 8.77.